The van der Waals surface area contributed by atoms with Gasteiger partial charge in [-0.05, 0) is 38.3 Å². The summed E-state index contributed by atoms with van der Waals surface area (Å²) in [6.07, 6.45) is 13.2. The zero-order valence-corrected chi connectivity index (χ0v) is 29.4. The number of hydrogen-bond acceptors (Lipinski definition) is 6. The van der Waals surface area contributed by atoms with Gasteiger partial charge in [-0.15, -0.1) is 0 Å². The SMILES string of the molecule is CCCCCCCCCCCCCCNC(=O)C(COP(=O)(OCc1ccccc1)OCc1ccccc1)N(C(=O)O)C(C)(C)C. The number of carbonyl (C=O) groups is 2. The first kappa shape index (κ1) is 39.5. The van der Waals surface area contributed by atoms with E-state index in [2.05, 4.69) is 12.2 Å². The van der Waals surface area contributed by atoms with Crippen LogP contribution in [-0.4, -0.2) is 46.7 Å². The van der Waals surface area contributed by atoms with Crippen molar-refractivity contribution >= 4 is 19.8 Å². The summed E-state index contributed by atoms with van der Waals surface area (Å²) in [5.41, 5.74) is 0.578. The molecule has 0 spiro atoms. The summed E-state index contributed by atoms with van der Waals surface area (Å²) in [4.78, 5) is 26.9. The maximum Gasteiger partial charge on any atom is 0.475 e. The minimum absolute atomic E-state index is 0.0509. The zero-order valence-electron chi connectivity index (χ0n) is 28.5. The Morgan fingerprint density at radius 1 is 0.739 bits per heavy atom. The topological polar surface area (TPSA) is 114 Å². The first-order valence-corrected chi connectivity index (χ1v) is 18.4. The summed E-state index contributed by atoms with van der Waals surface area (Å²) in [6, 6.07) is 17.1. The van der Waals surface area contributed by atoms with E-state index in [4.69, 9.17) is 13.6 Å². The average molecular weight is 661 g/mol. The van der Waals surface area contributed by atoms with Crippen molar-refractivity contribution in [2.45, 2.75) is 130 Å². The molecule has 2 aromatic carbocycles. The number of rotatable bonds is 24. The van der Waals surface area contributed by atoms with Gasteiger partial charge in [0.25, 0.3) is 0 Å². The zero-order chi connectivity index (χ0) is 33.7. The predicted molar refractivity (Wildman–Crippen MR) is 184 cm³/mol. The molecule has 1 atom stereocenters. The molecule has 0 aliphatic rings. The van der Waals surface area contributed by atoms with Gasteiger partial charge in [-0.25, -0.2) is 9.36 Å². The van der Waals surface area contributed by atoms with E-state index in [0.29, 0.717) is 6.54 Å². The highest BCUT2D eigenvalue weighted by atomic mass is 31.2. The van der Waals surface area contributed by atoms with Gasteiger partial charge in [-0.3, -0.25) is 23.3 Å². The molecule has 0 fully saturated rings. The van der Waals surface area contributed by atoms with Gasteiger partial charge in [0.1, 0.15) is 6.04 Å². The highest BCUT2D eigenvalue weighted by Gasteiger charge is 2.40. The fourth-order valence-corrected chi connectivity index (χ4v) is 6.34. The van der Waals surface area contributed by atoms with Crippen LogP contribution in [0.15, 0.2) is 60.7 Å². The number of carbonyl (C=O) groups excluding carboxylic acids is 1. The van der Waals surface area contributed by atoms with Gasteiger partial charge < -0.3 is 10.4 Å². The summed E-state index contributed by atoms with van der Waals surface area (Å²) < 4.78 is 31.0. The van der Waals surface area contributed by atoms with Crippen molar-refractivity contribution in [1.82, 2.24) is 10.2 Å². The van der Waals surface area contributed by atoms with Gasteiger partial charge in [-0.2, -0.15) is 0 Å². The van der Waals surface area contributed by atoms with Gasteiger partial charge in [-0.1, -0.05) is 138 Å². The Balaban J connectivity index is 1.97. The van der Waals surface area contributed by atoms with Crippen LogP contribution in [0, 0.1) is 0 Å². The number of nitrogens with zero attached hydrogens (tertiary/aromatic N) is 1. The summed E-state index contributed by atoms with van der Waals surface area (Å²) in [7, 11) is -4.23. The fraction of sp³-hybridized carbons (Fsp3) is 0.611. The molecular weight excluding hydrogens is 603 g/mol. The number of carboxylic acid groups (broad SMARTS) is 1. The van der Waals surface area contributed by atoms with Crippen molar-refractivity contribution < 1.29 is 32.8 Å². The summed E-state index contributed by atoms with van der Waals surface area (Å²) in [6.45, 7) is 7.14. The number of hydrogen-bond donors (Lipinski definition) is 2. The van der Waals surface area contributed by atoms with E-state index in [9.17, 15) is 19.3 Å². The molecule has 258 valence electrons. The van der Waals surface area contributed by atoms with Crippen LogP contribution in [-0.2, 0) is 36.1 Å². The van der Waals surface area contributed by atoms with Gasteiger partial charge >= 0.3 is 13.9 Å². The first-order chi connectivity index (χ1) is 22.1. The van der Waals surface area contributed by atoms with E-state index >= 15 is 0 Å². The number of unbranched alkanes of at least 4 members (excludes halogenated alkanes) is 11. The molecule has 1 unspecified atom stereocenters. The summed E-state index contributed by atoms with van der Waals surface area (Å²) >= 11 is 0. The highest BCUT2D eigenvalue weighted by Crippen LogP contribution is 2.51. The Bertz CT molecular complexity index is 1110. The van der Waals surface area contributed by atoms with Crippen LogP contribution in [0.1, 0.15) is 116 Å². The van der Waals surface area contributed by atoms with Crippen molar-refractivity contribution in [2.24, 2.45) is 0 Å². The van der Waals surface area contributed by atoms with E-state index in [1.165, 1.54) is 57.8 Å². The highest BCUT2D eigenvalue weighted by molar-refractivity contribution is 7.48. The van der Waals surface area contributed by atoms with Crippen LogP contribution in [0.25, 0.3) is 0 Å². The van der Waals surface area contributed by atoms with Gasteiger partial charge in [0.05, 0.1) is 19.8 Å². The maximum absolute atomic E-state index is 13.9. The molecule has 2 rings (SSSR count). The van der Waals surface area contributed by atoms with E-state index in [1.54, 1.807) is 20.8 Å². The van der Waals surface area contributed by atoms with E-state index < -0.39 is 38.0 Å². The molecule has 9 nitrogen and oxygen atoms in total. The van der Waals surface area contributed by atoms with Crippen LogP contribution in [0.5, 0.6) is 0 Å². The van der Waals surface area contributed by atoms with Crippen molar-refractivity contribution in [3.63, 3.8) is 0 Å². The predicted octanol–water partition coefficient (Wildman–Crippen LogP) is 9.51. The lowest BCUT2D eigenvalue weighted by Gasteiger charge is -2.38. The summed E-state index contributed by atoms with van der Waals surface area (Å²) in [5.74, 6) is -0.516. The third-order valence-corrected chi connectivity index (χ3v) is 9.08. The minimum atomic E-state index is -4.23. The van der Waals surface area contributed by atoms with Crippen LogP contribution in [0.4, 0.5) is 4.79 Å². The molecule has 0 saturated heterocycles. The average Bonchev–Trinajstić information content (AvgIpc) is 3.03. The third kappa shape index (κ3) is 16.2. The quantitative estimate of drug-likeness (QED) is 0.0851. The van der Waals surface area contributed by atoms with Crippen LogP contribution >= 0.6 is 7.82 Å². The molecule has 2 aromatic rings. The second-order valence-electron chi connectivity index (χ2n) is 12.8. The molecule has 46 heavy (non-hydrogen) atoms. The summed E-state index contributed by atoms with van der Waals surface area (Å²) in [5, 5.41) is 13.0. The van der Waals surface area contributed by atoms with E-state index in [1.807, 2.05) is 60.7 Å². The normalized spacial score (nSPS) is 12.5. The Kier molecular flexibility index (Phi) is 18.8. The van der Waals surface area contributed by atoms with Gasteiger partial charge in [0, 0.05) is 12.1 Å². The molecule has 0 heterocycles. The Labute approximate surface area is 277 Å². The molecule has 2 amide bonds. The largest absolute Gasteiger partial charge is 0.475 e. The molecule has 0 aliphatic heterocycles. The molecule has 10 heteroatoms. The van der Waals surface area contributed by atoms with Crippen molar-refractivity contribution in [1.29, 1.82) is 0 Å². The molecule has 2 N–H and O–H groups in total. The molecule has 0 radical (unpaired) electrons. The van der Waals surface area contributed by atoms with Crippen molar-refractivity contribution in [3.05, 3.63) is 71.8 Å². The number of amides is 2. The molecular formula is C36H57N2O7P. The Hall–Kier alpha value is -2.71. The minimum Gasteiger partial charge on any atom is -0.465 e. The lowest BCUT2D eigenvalue weighted by molar-refractivity contribution is -0.129. The number of phosphoric acid groups is 1. The second kappa shape index (κ2) is 22.0. The Morgan fingerprint density at radius 3 is 1.59 bits per heavy atom. The lowest BCUT2D eigenvalue weighted by atomic mass is 10.0. The van der Waals surface area contributed by atoms with E-state index in [-0.39, 0.29) is 13.2 Å². The smallest absolute Gasteiger partial charge is 0.465 e. The fourth-order valence-electron chi connectivity index (χ4n) is 5.18. The second-order valence-corrected chi connectivity index (χ2v) is 14.4. The number of nitrogens with one attached hydrogen (secondary N) is 1. The molecule has 0 bridgehead atoms. The number of benzene rings is 2. The molecule has 0 saturated carbocycles. The van der Waals surface area contributed by atoms with Crippen LogP contribution < -0.4 is 5.32 Å². The van der Waals surface area contributed by atoms with Crippen molar-refractivity contribution in [2.75, 3.05) is 13.2 Å². The van der Waals surface area contributed by atoms with Gasteiger partial charge in [0.2, 0.25) is 5.91 Å². The number of phosphoric ester groups is 1. The monoisotopic (exact) mass is 660 g/mol. The maximum atomic E-state index is 13.9. The third-order valence-electron chi connectivity index (χ3n) is 7.73. The van der Waals surface area contributed by atoms with Gasteiger partial charge in [0.15, 0.2) is 0 Å². The van der Waals surface area contributed by atoms with Crippen LogP contribution in [0.3, 0.4) is 0 Å². The van der Waals surface area contributed by atoms with Crippen molar-refractivity contribution in [3.8, 4) is 0 Å². The molecule has 0 aliphatic carbocycles. The Morgan fingerprint density at radius 2 is 1.17 bits per heavy atom. The lowest BCUT2D eigenvalue weighted by Crippen LogP contribution is -2.58. The first-order valence-electron chi connectivity index (χ1n) is 17.0. The van der Waals surface area contributed by atoms with Crippen LogP contribution in [0.2, 0.25) is 0 Å². The van der Waals surface area contributed by atoms with E-state index in [0.717, 1.165) is 35.3 Å². The molecule has 0 aromatic heterocycles. The standard InChI is InChI=1S/C36H57N2O7P/c1-5-6-7-8-9-10-11-12-13-14-15-22-27-37-34(39)33(38(35(40)41)36(2,3)4)30-45-46(42,43-28-31-23-18-16-19-24-31)44-29-32-25-20-17-21-26-32/h16-21,23-26,33H,5-15,22,27-30H2,1-4H3,(H,37,39)(H,40,41).